The Bertz CT molecular complexity index is 305. The summed E-state index contributed by atoms with van der Waals surface area (Å²) < 4.78 is 46.8. The van der Waals surface area contributed by atoms with Gasteiger partial charge in [0.15, 0.2) is 0 Å². The Morgan fingerprint density at radius 2 is 0.655 bits per heavy atom. The summed E-state index contributed by atoms with van der Waals surface area (Å²) in [4.78, 5) is 0. The summed E-state index contributed by atoms with van der Waals surface area (Å²) in [6.45, 7) is 19.2. The summed E-state index contributed by atoms with van der Waals surface area (Å²) in [5.74, 6) is 0. The third kappa shape index (κ3) is 14.5. The molecule has 0 saturated carbocycles. The van der Waals surface area contributed by atoms with Crippen molar-refractivity contribution in [1.29, 1.82) is 0 Å². The lowest BCUT2D eigenvalue weighted by atomic mass is 10.4. The number of rotatable bonds is 20. The highest BCUT2D eigenvalue weighted by atomic mass is 28.4. The lowest BCUT2D eigenvalue weighted by molar-refractivity contribution is -0.0989. The maximum atomic E-state index is 6.11. The third-order valence-corrected chi connectivity index (χ3v) is 5.86. The first-order chi connectivity index (χ1) is 13.8. The largest absolute Gasteiger partial charge is 0.680 e. The van der Waals surface area contributed by atoms with Gasteiger partial charge in [0.25, 0.3) is 0 Å². The van der Waals surface area contributed by atoms with Gasteiger partial charge in [-0.1, -0.05) is 0 Å². The van der Waals surface area contributed by atoms with Crippen molar-refractivity contribution in [3.05, 3.63) is 0 Å². The monoisotopic (exact) mass is 440 g/mol. The molecule has 0 aromatic heterocycles. The number of hydrogen-bond acceptors (Lipinski definition) is 8. The highest BCUT2D eigenvalue weighted by Gasteiger charge is 2.47. The Kier molecular flexibility index (Phi) is 17.5. The Morgan fingerprint density at radius 3 is 0.828 bits per heavy atom. The van der Waals surface area contributed by atoms with Crippen molar-refractivity contribution in [2.45, 2.75) is 79.8 Å². The van der Waals surface area contributed by atoms with Gasteiger partial charge < -0.3 is 36.7 Å². The molecule has 0 aliphatic heterocycles. The molecule has 29 heavy (non-hydrogen) atoms. The van der Waals surface area contributed by atoms with E-state index in [2.05, 4.69) is 0 Å². The molecule has 0 N–H and O–H groups in total. The first-order valence-electron chi connectivity index (χ1n) is 10.8. The van der Waals surface area contributed by atoms with Crippen LogP contribution in [0.5, 0.6) is 0 Å². The van der Waals surface area contributed by atoms with Gasteiger partial charge in [-0.15, -0.1) is 0 Å². The van der Waals surface area contributed by atoms with Gasteiger partial charge >= 0.3 is 9.05 Å². The van der Waals surface area contributed by atoms with Gasteiger partial charge in [-0.3, -0.25) is 0 Å². The summed E-state index contributed by atoms with van der Waals surface area (Å²) >= 11 is 0. The van der Waals surface area contributed by atoms with E-state index in [9.17, 15) is 0 Å². The van der Waals surface area contributed by atoms with Gasteiger partial charge in [-0.05, 0) is 55.4 Å². The van der Waals surface area contributed by atoms with Crippen LogP contribution < -0.4 is 0 Å². The Hall–Kier alpha value is -0.103. The van der Waals surface area contributed by atoms with Crippen LogP contribution in [0.1, 0.15) is 55.4 Å². The minimum Gasteiger partial charge on any atom is -0.376 e. The minimum absolute atomic E-state index is 0.111. The number of ether oxygens (including phenoxy) is 4. The molecular weight excluding hydrogens is 396 g/mol. The smallest absolute Gasteiger partial charge is 0.376 e. The zero-order valence-electron chi connectivity index (χ0n) is 19.7. The van der Waals surface area contributed by atoms with Gasteiger partial charge in [0.2, 0.25) is 0 Å². The van der Waals surface area contributed by atoms with E-state index in [-0.39, 0.29) is 24.4 Å². The van der Waals surface area contributed by atoms with Crippen molar-refractivity contribution in [3.63, 3.8) is 0 Å². The van der Waals surface area contributed by atoms with Crippen LogP contribution in [0.15, 0.2) is 0 Å². The average molecular weight is 441 g/mol. The zero-order chi connectivity index (χ0) is 22.1. The summed E-state index contributed by atoms with van der Waals surface area (Å²) in [5.41, 5.74) is 0. The predicted molar refractivity (Wildman–Crippen MR) is 114 cm³/mol. The molecule has 4 unspecified atom stereocenters. The molecule has 0 rings (SSSR count). The Balaban J connectivity index is 5.25. The van der Waals surface area contributed by atoms with Gasteiger partial charge in [-0.2, -0.15) is 0 Å². The van der Waals surface area contributed by atoms with Gasteiger partial charge in [0.05, 0.1) is 50.8 Å². The maximum absolute atomic E-state index is 6.11. The van der Waals surface area contributed by atoms with Crippen molar-refractivity contribution in [2.24, 2.45) is 0 Å². The predicted octanol–water partition coefficient (Wildman–Crippen LogP) is 3.19. The van der Waals surface area contributed by atoms with E-state index in [1.807, 2.05) is 55.4 Å². The molecule has 8 nitrogen and oxygen atoms in total. The molecule has 0 saturated heterocycles. The molecule has 0 heterocycles. The summed E-state index contributed by atoms with van der Waals surface area (Å²) in [6, 6.07) is 0. The topological polar surface area (TPSA) is 73.8 Å². The summed E-state index contributed by atoms with van der Waals surface area (Å²) in [5, 5.41) is 0. The standard InChI is InChI=1S/C20H44O8Si/c1-9-21-17(5)13-25-29(26-14-18(6)22-10-2,27-15-19(7)23-11-3)28-16-20(8)24-12-4/h17-20H,9-16H2,1-8H3. The highest BCUT2D eigenvalue weighted by molar-refractivity contribution is 6.53. The second-order valence-corrected chi connectivity index (χ2v) is 8.96. The highest BCUT2D eigenvalue weighted by Crippen LogP contribution is 2.17. The van der Waals surface area contributed by atoms with Crippen LogP contribution in [-0.2, 0) is 36.7 Å². The molecular formula is C20H44O8Si. The quantitative estimate of drug-likeness (QED) is 0.267. The summed E-state index contributed by atoms with van der Waals surface area (Å²) in [7, 11) is -3.48. The molecule has 0 aromatic rings. The first kappa shape index (κ1) is 28.9. The molecule has 0 aliphatic carbocycles. The molecule has 0 spiro atoms. The molecule has 4 atom stereocenters. The molecule has 0 fully saturated rings. The van der Waals surface area contributed by atoms with Crippen molar-refractivity contribution in [3.8, 4) is 0 Å². The first-order valence-corrected chi connectivity index (χ1v) is 12.5. The SMILES string of the molecule is CCOC(C)CO[Si](OCC(C)OCC)(OCC(C)OCC)OCC(C)OCC. The third-order valence-electron chi connectivity index (χ3n) is 3.78. The van der Waals surface area contributed by atoms with E-state index in [1.165, 1.54) is 0 Å². The van der Waals surface area contributed by atoms with Gasteiger partial charge in [-0.25, -0.2) is 0 Å². The zero-order valence-corrected chi connectivity index (χ0v) is 20.7. The Labute approximate surface area is 178 Å². The van der Waals surface area contributed by atoms with E-state index in [4.69, 9.17) is 36.7 Å². The van der Waals surface area contributed by atoms with Crippen LogP contribution in [0.4, 0.5) is 0 Å². The summed E-state index contributed by atoms with van der Waals surface area (Å²) in [6.07, 6.45) is -0.442. The fourth-order valence-electron chi connectivity index (χ4n) is 2.46. The molecule has 0 bridgehead atoms. The second kappa shape index (κ2) is 17.6. The van der Waals surface area contributed by atoms with Crippen LogP contribution in [0.2, 0.25) is 0 Å². The molecule has 0 aliphatic rings. The van der Waals surface area contributed by atoms with E-state index in [1.54, 1.807) is 0 Å². The fourth-order valence-corrected chi connectivity index (χ4v) is 4.71. The molecule has 176 valence electrons. The van der Waals surface area contributed by atoms with Crippen molar-refractivity contribution in [2.75, 3.05) is 52.9 Å². The van der Waals surface area contributed by atoms with Crippen molar-refractivity contribution >= 4 is 9.05 Å². The lowest BCUT2D eigenvalue weighted by Gasteiger charge is -2.31. The van der Waals surface area contributed by atoms with E-state index < -0.39 is 9.05 Å². The molecule has 0 amide bonds. The minimum atomic E-state index is -3.48. The van der Waals surface area contributed by atoms with E-state index >= 15 is 0 Å². The average Bonchev–Trinajstić information content (AvgIpc) is 2.68. The van der Waals surface area contributed by atoms with Crippen LogP contribution in [0.25, 0.3) is 0 Å². The van der Waals surface area contributed by atoms with Gasteiger partial charge in [0.1, 0.15) is 0 Å². The molecule has 0 radical (unpaired) electrons. The second-order valence-electron chi connectivity index (χ2n) is 6.81. The van der Waals surface area contributed by atoms with Crippen LogP contribution in [-0.4, -0.2) is 86.3 Å². The van der Waals surface area contributed by atoms with Crippen molar-refractivity contribution in [1.82, 2.24) is 0 Å². The lowest BCUT2D eigenvalue weighted by Crippen LogP contribution is -2.53. The molecule has 0 aromatic carbocycles. The van der Waals surface area contributed by atoms with E-state index in [0.717, 1.165) is 0 Å². The fraction of sp³-hybridized carbons (Fsp3) is 1.00. The number of hydrogen-bond donors (Lipinski definition) is 0. The van der Waals surface area contributed by atoms with Crippen LogP contribution in [0, 0.1) is 0 Å². The maximum Gasteiger partial charge on any atom is 0.680 e. The van der Waals surface area contributed by atoms with Crippen molar-refractivity contribution < 1.29 is 36.7 Å². The Morgan fingerprint density at radius 1 is 0.448 bits per heavy atom. The normalized spacial score (nSPS) is 18.2. The van der Waals surface area contributed by atoms with Crippen LogP contribution in [0.3, 0.4) is 0 Å². The molecule has 9 heteroatoms. The van der Waals surface area contributed by atoms with Crippen LogP contribution >= 0.6 is 0 Å². The van der Waals surface area contributed by atoms with Gasteiger partial charge in [0, 0.05) is 26.4 Å². The van der Waals surface area contributed by atoms with E-state index in [0.29, 0.717) is 52.9 Å².